The van der Waals surface area contributed by atoms with Crippen LogP contribution in [0.5, 0.6) is 0 Å². The summed E-state index contributed by atoms with van der Waals surface area (Å²) in [6.07, 6.45) is 0. The highest BCUT2D eigenvalue weighted by Gasteiger charge is 2.00. The normalized spacial score (nSPS) is 9.80. The van der Waals surface area contributed by atoms with Crippen LogP contribution in [0, 0.1) is 0 Å². The third-order valence-corrected chi connectivity index (χ3v) is 2.75. The Morgan fingerprint density at radius 1 is 1.20 bits per heavy atom. The van der Waals surface area contributed by atoms with Gasteiger partial charge in [-0.25, -0.2) is 12.5 Å². The second-order valence-corrected chi connectivity index (χ2v) is 4.45. The molecule has 0 unspecified atom stereocenters. The average Bonchev–Trinajstić information content (AvgIpc) is 1.97. The van der Waals surface area contributed by atoms with Gasteiger partial charge < -0.3 is 0 Å². The second kappa shape index (κ2) is 7.82. The van der Waals surface area contributed by atoms with E-state index in [1.54, 1.807) is 0 Å². The summed E-state index contributed by atoms with van der Waals surface area (Å²) in [6.45, 7) is 3.83. The van der Waals surface area contributed by atoms with E-state index in [9.17, 15) is 4.57 Å². The van der Waals surface area contributed by atoms with Gasteiger partial charge in [0.05, 0.1) is 0 Å². The standard InChI is InChI=1S/C4H10O3PS2/c1-3-9-6-8(5)7-10-4-2/h3-4H2,1-2H3. The minimum Gasteiger partial charge on any atom is -0.220 e. The summed E-state index contributed by atoms with van der Waals surface area (Å²) in [5.74, 6) is 1.56. The molecule has 0 bridgehead atoms. The van der Waals surface area contributed by atoms with Crippen LogP contribution in [0.1, 0.15) is 13.8 Å². The van der Waals surface area contributed by atoms with Gasteiger partial charge in [-0.2, -0.15) is 0 Å². The highest BCUT2D eigenvalue weighted by molar-refractivity contribution is 8.00. The summed E-state index contributed by atoms with van der Waals surface area (Å²) in [5, 5.41) is 0. The van der Waals surface area contributed by atoms with E-state index >= 15 is 0 Å². The Balaban J connectivity index is 3.09. The van der Waals surface area contributed by atoms with Crippen molar-refractivity contribution in [3.63, 3.8) is 0 Å². The maximum Gasteiger partial charge on any atom is 0.392 e. The molecule has 0 saturated carbocycles. The Morgan fingerprint density at radius 2 is 1.60 bits per heavy atom. The van der Waals surface area contributed by atoms with Crippen molar-refractivity contribution in [2.24, 2.45) is 0 Å². The summed E-state index contributed by atoms with van der Waals surface area (Å²) < 4.78 is 20.0. The summed E-state index contributed by atoms with van der Waals surface area (Å²) in [4.78, 5) is 0. The first kappa shape index (κ1) is 10.7. The fourth-order valence-electron chi connectivity index (χ4n) is 0.204. The van der Waals surface area contributed by atoms with E-state index in [2.05, 4.69) is 7.94 Å². The van der Waals surface area contributed by atoms with E-state index in [-0.39, 0.29) is 0 Å². The van der Waals surface area contributed by atoms with Crippen LogP contribution in [-0.4, -0.2) is 11.5 Å². The maximum atomic E-state index is 10.6. The molecule has 0 aliphatic heterocycles. The average molecular weight is 201 g/mol. The smallest absolute Gasteiger partial charge is 0.220 e. The van der Waals surface area contributed by atoms with Crippen LogP contribution in [0.15, 0.2) is 0 Å². The third-order valence-electron chi connectivity index (χ3n) is 0.463. The molecule has 0 aromatic carbocycles. The van der Waals surface area contributed by atoms with Gasteiger partial charge in [0.2, 0.25) is 0 Å². The molecule has 0 spiro atoms. The van der Waals surface area contributed by atoms with Gasteiger partial charge in [0, 0.05) is 35.6 Å². The summed E-state index contributed by atoms with van der Waals surface area (Å²) in [5.41, 5.74) is 0. The lowest BCUT2D eigenvalue weighted by Gasteiger charge is -1.96. The number of rotatable bonds is 6. The Kier molecular flexibility index (Phi) is 8.39. The molecule has 0 N–H and O–H groups in total. The fourth-order valence-corrected chi connectivity index (χ4v) is 2.06. The van der Waals surface area contributed by atoms with Gasteiger partial charge in [-0.05, 0) is 0 Å². The van der Waals surface area contributed by atoms with Crippen molar-refractivity contribution in [1.82, 2.24) is 0 Å². The molecule has 0 atom stereocenters. The van der Waals surface area contributed by atoms with Gasteiger partial charge in [0.15, 0.2) is 0 Å². The topological polar surface area (TPSA) is 35.5 Å². The monoisotopic (exact) mass is 201 g/mol. The van der Waals surface area contributed by atoms with E-state index < -0.39 is 8.25 Å². The van der Waals surface area contributed by atoms with E-state index in [4.69, 9.17) is 0 Å². The molecule has 0 aromatic rings. The van der Waals surface area contributed by atoms with Crippen LogP contribution in [0.3, 0.4) is 0 Å². The highest BCUT2D eigenvalue weighted by Crippen LogP contribution is 2.34. The molecule has 1 radical (unpaired) electrons. The van der Waals surface area contributed by atoms with Gasteiger partial charge in [0.1, 0.15) is 0 Å². The Morgan fingerprint density at radius 3 is 1.90 bits per heavy atom. The highest BCUT2D eigenvalue weighted by atomic mass is 32.2. The van der Waals surface area contributed by atoms with Gasteiger partial charge in [0.25, 0.3) is 0 Å². The summed E-state index contributed by atoms with van der Waals surface area (Å²) in [7, 11) is -1.92. The molecule has 0 aromatic heterocycles. The lowest BCUT2D eigenvalue weighted by atomic mass is 11.0. The molecule has 0 aliphatic carbocycles. The second-order valence-electron chi connectivity index (χ2n) is 1.19. The molecule has 0 rings (SSSR count). The zero-order chi connectivity index (χ0) is 7.82. The molecule has 3 nitrogen and oxygen atoms in total. The summed E-state index contributed by atoms with van der Waals surface area (Å²) in [6, 6.07) is 0. The lowest BCUT2D eigenvalue weighted by Crippen LogP contribution is -1.71. The van der Waals surface area contributed by atoms with Crippen molar-refractivity contribution in [2.45, 2.75) is 13.8 Å². The molecule has 0 aliphatic rings. The first-order valence-corrected chi connectivity index (χ1v) is 5.79. The van der Waals surface area contributed by atoms with Crippen LogP contribution in [-0.2, 0) is 12.5 Å². The minimum atomic E-state index is -1.92. The van der Waals surface area contributed by atoms with Gasteiger partial charge in [-0.15, -0.1) is 0 Å². The fraction of sp³-hybridized carbons (Fsp3) is 1.00. The zero-order valence-electron chi connectivity index (χ0n) is 5.90. The molecule has 61 valence electrons. The van der Waals surface area contributed by atoms with E-state index in [0.29, 0.717) is 0 Å². The van der Waals surface area contributed by atoms with E-state index in [1.807, 2.05) is 13.8 Å². The summed E-state index contributed by atoms with van der Waals surface area (Å²) >= 11 is 2.29. The largest absolute Gasteiger partial charge is 0.392 e. The van der Waals surface area contributed by atoms with Crippen LogP contribution in [0.2, 0.25) is 0 Å². The quantitative estimate of drug-likeness (QED) is 0.487. The van der Waals surface area contributed by atoms with E-state index in [0.717, 1.165) is 35.6 Å². The Hall–Kier alpha value is 0.720. The lowest BCUT2D eigenvalue weighted by molar-refractivity contribution is 0.463. The van der Waals surface area contributed by atoms with Crippen molar-refractivity contribution >= 4 is 32.3 Å². The van der Waals surface area contributed by atoms with Gasteiger partial charge >= 0.3 is 8.25 Å². The van der Waals surface area contributed by atoms with Crippen LogP contribution in [0.25, 0.3) is 0 Å². The predicted molar refractivity (Wildman–Crippen MR) is 46.0 cm³/mol. The van der Waals surface area contributed by atoms with Gasteiger partial charge in [-0.3, -0.25) is 0 Å². The van der Waals surface area contributed by atoms with E-state index in [1.165, 1.54) is 0 Å². The molecule has 10 heavy (non-hydrogen) atoms. The predicted octanol–water partition coefficient (Wildman–Crippen LogP) is 3.01. The molecule has 0 fully saturated rings. The number of hydrogen-bond acceptors (Lipinski definition) is 5. The Bertz CT molecular complexity index is 90.5. The number of hydrogen-bond donors (Lipinski definition) is 0. The van der Waals surface area contributed by atoms with Crippen molar-refractivity contribution in [3.8, 4) is 0 Å². The SMILES string of the molecule is CCSO[P](=O)OSCC. The van der Waals surface area contributed by atoms with Crippen LogP contribution >= 0.6 is 32.3 Å². The molecule has 0 saturated heterocycles. The van der Waals surface area contributed by atoms with Crippen LogP contribution < -0.4 is 0 Å². The maximum absolute atomic E-state index is 10.6. The Labute approximate surface area is 70.6 Å². The molecule has 0 heterocycles. The first-order chi connectivity index (χ1) is 4.81. The molecular formula is C4H10O3PS2. The first-order valence-electron chi connectivity index (χ1n) is 2.87. The third kappa shape index (κ3) is 6.83. The zero-order valence-corrected chi connectivity index (χ0v) is 8.43. The van der Waals surface area contributed by atoms with Crippen molar-refractivity contribution in [1.29, 1.82) is 0 Å². The minimum absolute atomic E-state index is 0.779. The van der Waals surface area contributed by atoms with Gasteiger partial charge in [-0.1, -0.05) is 13.8 Å². The van der Waals surface area contributed by atoms with Crippen molar-refractivity contribution < 1.29 is 12.5 Å². The molecule has 0 amide bonds. The molecular weight excluding hydrogens is 191 g/mol. The molecule has 6 heteroatoms. The van der Waals surface area contributed by atoms with Crippen molar-refractivity contribution in [2.75, 3.05) is 11.5 Å². The van der Waals surface area contributed by atoms with Crippen LogP contribution in [0.4, 0.5) is 0 Å². The van der Waals surface area contributed by atoms with Crippen molar-refractivity contribution in [3.05, 3.63) is 0 Å².